The van der Waals surface area contributed by atoms with Crippen molar-refractivity contribution < 1.29 is 32.4 Å². The fraction of sp³-hybridized carbons (Fsp3) is 0.667. The van der Waals surface area contributed by atoms with Crippen molar-refractivity contribution in [1.29, 1.82) is 0 Å². The second-order valence-corrected chi connectivity index (χ2v) is 10.4. The van der Waals surface area contributed by atoms with Gasteiger partial charge in [-0.05, 0) is 44.1 Å². The first-order valence-electron chi connectivity index (χ1n) is 11.9. The zero-order chi connectivity index (χ0) is 23.9. The Kier molecular flexibility index (Phi) is 4.95. The summed E-state index contributed by atoms with van der Waals surface area (Å²) < 4.78 is 55.0. The zero-order valence-electron chi connectivity index (χ0n) is 19.3. The number of aromatic nitrogens is 3. The van der Waals surface area contributed by atoms with E-state index in [0.29, 0.717) is 12.3 Å². The molecule has 0 unspecified atom stereocenters. The Morgan fingerprint density at radius 3 is 2.65 bits per heavy atom. The molecule has 0 amide bonds. The summed E-state index contributed by atoms with van der Waals surface area (Å²) in [5.74, 6) is -0.199. The molecular formula is C24H28F3N3O4. The monoisotopic (exact) mass is 479 g/mol. The van der Waals surface area contributed by atoms with E-state index in [2.05, 4.69) is 24.2 Å². The van der Waals surface area contributed by atoms with Crippen LogP contribution in [0.15, 0.2) is 30.5 Å². The first-order valence-corrected chi connectivity index (χ1v) is 11.9. The van der Waals surface area contributed by atoms with E-state index in [0.717, 1.165) is 25.3 Å². The summed E-state index contributed by atoms with van der Waals surface area (Å²) in [6, 6.07) is 5.38. The Labute approximate surface area is 195 Å². The van der Waals surface area contributed by atoms with Crippen molar-refractivity contribution in [3.8, 4) is 11.3 Å². The molecule has 4 saturated heterocycles. The van der Waals surface area contributed by atoms with E-state index < -0.39 is 35.6 Å². The quantitative estimate of drug-likeness (QED) is 0.542. The van der Waals surface area contributed by atoms with Gasteiger partial charge >= 0.3 is 6.18 Å². The lowest BCUT2D eigenvalue weighted by Crippen LogP contribution is -2.69. The topological polar surface area (TPSA) is 67.6 Å². The van der Waals surface area contributed by atoms with E-state index in [9.17, 15) is 13.2 Å². The normalized spacial score (nSPS) is 41.7. The van der Waals surface area contributed by atoms with Gasteiger partial charge in [-0.15, -0.1) is 5.10 Å². The average Bonchev–Trinajstić information content (AvgIpc) is 3.17. The molecule has 4 aliphatic heterocycles. The van der Waals surface area contributed by atoms with Crippen LogP contribution >= 0.6 is 0 Å². The van der Waals surface area contributed by atoms with Gasteiger partial charge in [-0.25, -0.2) is 14.5 Å². The maximum absolute atomic E-state index is 13.6. The Morgan fingerprint density at radius 2 is 1.85 bits per heavy atom. The summed E-state index contributed by atoms with van der Waals surface area (Å²) in [6.07, 6.45) is -0.580. The number of ether oxygens (including phenoxy) is 2. The third kappa shape index (κ3) is 3.18. The van der Waals surface area contributed by atoms with E-state index in [1.807, 2.05) is 6.92 Å². The van der Waals surface area contributed by atoms with Crippen LogP contribution in [0.25, 0.3) is 11.3 Å². The standard InChI is InChI=1S/C24H28F3N3O4/c1-13-8-9-17-14(2)20(31-21-23(17)16(13)10-11-22(3,32-21)33-34-23)30-12-19(28-29-30)15-6-4-5-7-18(15)24(25,26)27/h4-7,12-14,16-17,20-21H,8-11H2,1-3H3/t13-,14+,16+,17+,20+,21-,22+,23-/m1/s1. The van der Waals surface area contributed by atoms with Gasteiger partial charge in [0.2, 0.25) is 5.79 Å². The van der Waals surface area contributed by atoms with Gasteiger partial charge in [-0.3, -0.25) is 0 Å². The molecule has 0 radical (unpaired) electrons. The van der Waals surface area contributed by atoms with Crippen LogP contribution in [0, 0.1) is 23.7 Å². The number of fused-ring (bicyclic) bond motifs is 2. The van der Waals surface area contributed by atoms with Crippen LogP contribution in [0.5, 0.6) is 0 Å². The minimum atomic E-state index is -4.49. The van der Waals surface area contributed by atoms with Crippen LogP contribution in [0.1, 0.15) is 58.2 Å². The number of rotatable bonds is 2. The summed E-state index contributed by atoms with van der Waals surface area (Å²) in [6.45, 7) is 6.17. The van der Waals surface area contributed by atoms with Gasteiger partial charge < -0.3 is 9.47 Å². The van der Waals surface area contributed by atoms with Gasteiger partial charge in [-0.1, -0.05) is 37.3 Å². The number of halogens is 3. The molecule has 0 N–H and O–H groups in total. The van der Waals surface area contributed by atoms with Crippen molar-refractivity contribution in [2.24, 2.45) is 23.7 Å². The highest BCUT2D eigenvalue weighted by Gasteiger charge is 2.69. The number of nitrogens with zero attached hydrogens (tertiary/aromatic N) is 3. The van der Waals surface area contributed by atoms with Crippen molar-refractivity contribution >= 4 is 0 Å². The van der Waals surface area contributed by atoms with Crippen LogP contribution in [-0.2, 0) is 25.4 Å². The summed E-state index contributed by atoms with van der Waals surface area (Å²) in [4.78, 5) is 12.0. The van der Waals surface area contributed by atoms with Crippen LogP contribution in [0.3, 0.4) is 0 Å². The summed E-state index contributed by atoms with van der Waals surface area (Å²) in [5, 5.41) is 8.28. The molecular weight excluding hydrogens is 451 g/mol. The third-order valence-corrected chi connectivity index (χ3v) is 8.40. The van der Waals surface area contributed by atoms with Crippen molar-refractivity contribution in [2.75, 3.05) is 0 Å². The second kappa shape index (κ2) is 7.49. The maximum atomic E-state index is 13.6. The molecule has 8 atom stereocenters. The van der Waals surface area contributed by atoms with E-state index >= 15 is 0 Å². The molecule has 10 heteroatoms. The Hall–Kier alpha value is -2.01. The van der Waals surface area contributed by atoms with E-state index in [1.54, 1.807) is 6.07 Å². The van der Waals surface area contributed by atoms with Gasteiger partial charge in [0.25, 0.3) is 0 Å². The molecule has 7 rings (SSSR count). The lowest BCUT2D eigenvalue weighted by atomic mass is 9.58. The fourth-order valence-corrected chi connectivity index (χ4v) is 6.67. The molecule has 34 heavy (non-hydrogen) atoms. The van der Waals surface area contributed by atoms with Crippen molar-refractivity contribution in [2.45, 2.75) is 76.5 Å². The lowest BCUT2D eigenvalue weighted by Gasteiger charge is -2.60. The molecule has 1 aromatic heterocycles. The Bertz CT molecular complexity index is 1090. The van der Waals surface area contributed by atoms with Gasteiger partial charge in [0.05, 0.1) is 11.8 Å². The lowest BCUT2D eigenvalue weighted by molar-refractivity contribution is -0.574. The minimum Gasteiger partial charge on any atom is -0.324 e. The SMILES string of the molecule is C[C@@H]1[C@@H](n2cc(-c3ccccc3C(F)(F)F)nn2)O[C@@H]2O[C@]3(C)CC[C@H]4[C@H](C)CC[C@@H]1[C@@]24OO3. The molecule has 5 heterocycles. The van der Waals surface area contributed by atoms with Crippen LogP contribution < -0.4 is 0 Å². The highest BCUT2D eigenvalue weighted by Crippen LogP contribution is 2.61. The van der Waals surface area contributed by atoms with Crippen LogP contribution in [0.4, 0.5) is 13.2 Å². The van der Waals surface area contributed by atoms with Gasteiger partial charge in [0.1, 0.15) is 5.69 Å². The molecule has 2 aromatic rings. The van der Waals surface area contributed by atoms with Gasteiger partial charge in [0.15, 0.2) is 18.1 Å². The summed E-state index contributed by atoms with van der Waals surface area (Å²) >= 11 is 0. The minimum absolute atomic E-state index is 0.0123. The van der Waals surface area contributed by atoms with Crippen LogP contribution in [-0.4, -0.2) is 32.7 Å². The number of hydrogen-bond donors (Lipinski definition) is 0. The molecule has 2 bridgehead atoms. The molecule has 184 valence electrons. The predicted molar refractivity (Wildman–Crippen MR) is 113 cm³/mol. The van der Waals surface area contributed by atoms with Crippen molar-refractivity contribution in [3.63, 3.8) is 0 Å². The zero-order valence-corrected chi connectivity index (χ0v) is 19.3. The molecule has 1 spiro atoms. The maximum Gasteiger partial charge on any atom is 0.417 e. The van der Waals surface area contributed by atoms with Gasteiger partial charge in [0, 0.05) is 23.8 Å². The molecule has 1 saturated carbocycles. The molecule has 1 aromatic carbocycles. The Morgan fingerprint density at radius 1 is 1.06 bits per heavy atom. The average molecular weight is 479 g/mol. The summed E-state index contributed by atoms with van der Waals surface area (Å²) in [5.41, 5.74) is -1.32. The second-order valence-electron chi connectivity index (χ2n) is 10.4. The van der Waals surface area contributed by atoms with Crippen molar-refractivity contribution in [1.82, 2.24) is 15.0 Å². The van der Waals surface area contributed by atoms with E-state index in [1.165, 1.54) is 23.0 Å². The molecule has 5 aliphatic rings. The third-order valence-electron chi connectivity index (χ3n) is 8.40. The van der Waals surface area contributed by atoms with Gasteiger partial charge in [-0.2, -0.15) is 13.2 Å². The Balaban J connectivity index is 1.37. The first-order chi connectivity index (χ1) is 16.1. The molecule has 7 nitrogen and oxygen atoms in total. The number of alkyl halides is 3. The largest absolute Gasteiger partial charge is 0.417 e. The number of benzene rings is 1. The van der Waals surface area contributed by atoms with Crippen molar-refractivity contribution in [3.05, 3.63) is 36.0 Å². The fourth-order valence-electron chi connectivity index (χ4n) is 6.67. The van der Waals surface area contributed by atoms with E-state index in [4.69, 9.17) is 19.2 Å². The first kappa shape index (κ1) is 22.5. The number of hydrogen-bond acceptors (Lipinski definition) is 6. The highest BCUT2D eigenvalue weighted by molar-refractivity contribution is 5.63. The predicted octanol–water partition coefficient (Wildman–Crippen LogP) is 5.34. The highest BCUT2D eigenvalue weighted by atomic mass is 19.4. The molecule has 5 fully saturated rings. The van der Waals surface area contributed by atoms with E-state index in [-0.39, 0.29) is 29.0 Å². The summed E-state index contributed by atoms with van der Waals surface area (Å²) in [7, 11) is 0. The molecule has 1 aliphatic carbocycles. The smallest absolute Gasteiger partial charge is 0.324 e. The van der Waals surface area contributed by atoms with Crippen LogP contribution in [0.2, 0.25) is 0 Å².